The normalized spacial score (nSPS) is 11.6. The smallest absolute Gasteiger partial charge is 0.355 e. The van der Waals surface area contributed by atoms with Crippen LogP contribution in [0.25, 0.3) is 67.9 Å². The monoisotopic (exact) mass is 1010 g/mol. The molecule has 67 heavy (non-hydrogen) atoms. The van der Waals surface area contributed by atoms with Crippen molar-refractivity contribution in [3.63, 3.8) is 0 Å². The molecule has 1 N–H and O–H groups in total. The summed E-state index contributed by atoms with van der Waals surface area (Å²) in [6.07, 6.45) is -7.94. The molecule has 0 saturated carbocycles. The number of aromatic nitrogens is 10. The van der Waals surface area contributed by atoms with Gasteiger partial charge in [-0.1, -0.05) is 81.0 Å². The molecule has 0 fully saturated rings. The van der Waals surface area contributed by atoms with E-state index in [9.17, 15) is 44.8 Å². The first-order chi connectivity index (χ1) is 32.4. The van der Waals surface area contributed by atoms with Gasteiger partial charge in [0.05, 0.1) is 70.2 Å². The number of nitriles is 1. The van der Waals surface area contributed by atoms with Crippen molar-refractivity contribution < 1.29 is 49.9 Å². The lowest BCUT2D eigenvalue weighted by atomic mass is 10.0. The third kappa shape index (κ3) is 9.44. The minimum Gasteiger partial charge on any atom is -0.355 e. The van der Waals surface area contributed by atoms with Gasteiger partial charge in [-0.25, -0.2) is 18.1 Å². The van der Waals surface area contributed by atoms with E-state index < -0.39 is 70.7 Å². The molecule has 0 bridgehead atoms. The van der Waals surface area contributed by atoms with Crippen molar-refractivity contribution in [1.29, 1.82) is 5.26 Å². The Morgan fingerprint density at radius 3 is 1.58 bits per heavy atom. The molecule has 0 atom stereocenters. The molecule has 9 aromatic rings. The lowest BCUT2D eigenvalue weighted by Crippen LogP contribution is -2.14. The summed E-state index contributed by atoms with van der Waals surface area (Å²) in [6, 6.07) is 20.7. The van der Waals surface area contributed by atoms with Crippen LogP contribution in [-0.2, 0) is 12.4 Å². The van der Waals surface area contributed by atoms with Crippen molar-refractivity contribution in [3.05, 3.63) is 146 Å². The molecule has 0 saturated heterocycles. The third-order valence-electron chi connectivity index (χ3n) is 9.13. The maximum atomic E-state index is 14.7. The maximum absolute atomic E-state index is 14.7. The molecule has 26 heteroatoms. The van der Waals surface area contributed by atoms with Gasteiger partial charge in [-0.05, 0) is 65.9 Å². The Morgan fingerprint density at radius 2 is 1.13 bits per heavy atom. The summed E-state index contributed by atoms with van der Waals surface area (Å²) in [4.78, 5) is 0. The average Bonchev–Trinajstić information content (AvgIpc) is 4.13. The first-order valence-electron chi connectivity index (χ1n) is 18.8. The van der Waals surface area contributed by atoms with Crippen LogP contribution in [0.1, 0.15) is 18.3 Å². The minimum absolute atomic E-state index is 0.0430. The number of halogens is 13. The van der Waals surface area contributed by atoms with Crippen molar-refractivity contribution in [2.24, 2.45) is 0 Å². The van der Waals surface area contributed by atoms with E-state index in [1.165, 1.54) is 72.8 Å². The van der Waals surface area contributed by atoms with Crippen LogP contribution in [0.3, 0.4) is 0 Å². The number of nitrogens with zero attached hydrogens (tertiary/aromatic N) is 10. The number of hydrogen-bond acceptors (Lipinski definition) is 10. The second kappa shape index (κ2) is 19.3. The Kier molecular flexibility index (Phi) is 13.4. The van der Waals surface area contributed by atoms with E-state index in [4.69, 9.17) is 56.8 Å². The second-order valence-corrected chi connectivity index (χ2v) is 14.8. The highest BCUT2D eigenvalue weighted by Gasteiger charge is 2.43. The van der Waals surface area contributed by atoms with E-state index in [-0.39, 0.29) is 65.4 Å². The minimum atomic E-state index is -4.89. The van der Waals surface area contributed by atoms with Gasteiger partial charge in [0.1, 0.15) is 34.7 Å². The van der Waals surface area contributed by atoms with E-state index in [1.54, 1.807) is 6.07 Å². The number of tetrazole rings is 1. The lowest BCUT2D eigenvalue weighted by molar-refractivity contribution is -0.143. The average molecular weight is 1010 g/mol. The number of H-pyrrole nitrogens is 1. The van der Waals surface area contributed by atoms with Gasteiger partial charge >= 0.3 is 12.4 Å². The molecule has 0 unspecified atom stereocenters. The van der Waals surface area contributed by atoms with Crippen LogP contribution in [0, 0.1) is 23.0 Å². The summed E-state index contributed by atoms with van der Waals surface area (Å²) in [5, 5.41) is 38.3. The number of nitrogens with one attached hydrogen (secondary N) is 1. The maximum Gasteiger partial charge on any atom is 0.434 e. The van der Waals surface area contributed by atoms with Crippen molar-refractivity contribution >= 4 is 46.4 Å². The highest BCUT2D eigenvalue weighted by Crippen LogP contribution is 2.47. The van der Waals surface area contributed by atoms with Gasteiger partial charge in [0.25, 0.3) is 0 Å². The highest BCUT2D eigenvalue weighted by atomic mass is 35.5. The molecule has 0 aliphatic rings. The third-order valence-corrected chi connectivity index (χ3v) is 10.2. The van der Waals surface area contributed by atoms with Gasteiger partial charge in [0.2, 0.25) is 5.82 Å². The Bertz CT molecular complexity index is 3250. The summed E-state index contributed by atoms with van der Waals surface area (Å²) in [7, 11) is -1.00. The van der Waals surface area contributed by atoms with Crippen LogP contribution >= 0.6 is 46.4 Å². The van der Waals surface area contributed by atoms with Crippen molar-refractivity contribution in [2.75, 3.05) is 7.15 Å². The summed E-state index contributed by atoms with van der Waals surface area (Å²) in [5.41, 5.74) is -4.87. The van der Waals surface area contributed by atoms with Crippen LogP contribution < -0.4 is 0 Å². The number of rotatable bonds is 7. The molecule has 0 aliphatic carbocycles. The van der Waals surface area contributed by atoms with Crippen LogP contribution in [0.2, 0.25) is 20.1 Å². The molecule has 5 heterocycles. The molecule has 13 nitrogen and oxygen atoms in total. The quantitative estimate of drug-likeness (QED) is 0.152. The first kappa shape index (κ1) is 46.3. The Hall–Kier alpha value is -7.19. The van der Waals surface area contributed by atoms with Crippen LogP contribution in [0.4, 0.5) is 39.5 Å². The fourth-order valence-corrected chi connectivity index (χ4v) is 7.37. The second-order valence-electron chi connectivity index (χ2n) is 13.1. The largest absolute Gasteiger partial charge is 0.434 e. The predicted octanol–water partition coefficient (Wildman–Crippen LogP) is 13.0. The number of alkyl halides is 7. The molecule has 4 aromatic carbocycles. The summed E-state index contributed by atoms with van der Waals surface area (Å²) < 4.78 is 141. The van der Waals surface area contributed by atoms with Gasteiger partial charge in [-0.3, -0.25) is 4.39 Å². The molecule has 0 radical (unpaired) electrons. The molecule has 0 spiro atoms. The van der Waals surface area contributed by atoms with Gasteiger partial charge < -0.3 is 9.05 Å². The fourth-order valence-electron chi connectivity index (χ4n) is 6.50. The molecular formula is C41H20Cl4F9N11O2. The van der Waals surface area contributed by atoms with E-state index in [1.807, 2.05) is 0 Å². The Labute approximate surface area is 390 Å². The van der Waals surface area contributed by atoms with E-state index in [0.29, 0.717) is 9.36 Å². The van der Waals surface area contributed by atoms with Gasteiger partial charge in [0, 0.05) is 10.0 Å². The molecular weight excluding hydrogens is 991 g/mol. The number of hydrogen-bond donors (Lipinski definition) is 1. The standard InChI is InChI=1S/C20H9Cl2F4N7O.C20H8Cl2F4N4O.CH3F/c21-9-3-1-4-10(7-9)33-18(20(24,25)26)11(8-27-33)17-15(19-28-31-32-29-19)16(30-34-17)14-12(22)5-2-6-13(14)23;21-10-3-1-4-11(7-10)30-19(20(24,25)26)13(9-28-30)18-12(8-27)17(29-31-18)16-14(22)5-2-6-15(16)23;1-2/h1-8H,(H,28,29,31,32);1-7,9H;1H3/i;;1D. The molecule has 0 amide bonds. The van der Waals surface area contributed by atoms with Crippen molar-refractivity contribution in [3.8, 4) is 74.0 Å². The molecule has 0 aliphatic heterocycles. The van der Waals surface area contributed by atoms with E-state index >= 15 is 0 Å². The lowest BCUT2D eigenvalue weighted by Gasteiger charge is -2.12. The van der Waals surface area contributed by atoms with Gasteiger partial charge in [-0.15, -0.1) is 10.2 Å². The number of aromatic amines is 1. The topological polar surface area (TPSA) is 166 Å². The van der Waals surface area contributed by atoms with Crippen LogP contribution in [0.5, 0.6) is 0 Å². The molecule has 9 rings (SSSR count). The Balaban J connectivity index is 0.000000191. The highest BCUT2D eigenvalue weighted by molar-refractivity contribution is 6.34. The SMILES string of the molecule is Fc1cccc(Cl)c1-c1noc(-c2cnn(-c3cccc(Cl)c3)c2C(F)(F)F)c1-c1nn[nH]n1.N#Cc1c(-c2c(F)cccc2Cl)noc1-c1cnn(-c2cccc(Cl)c2)c1C(F)(F)F.[2H]CF. The van der Waals surface area contributed by atoms with Crippen molar-refractivity contribution in [2.45, 2.75) is 12.4 Å². The van der Waals surface area contributed by atoms with Crippen molar-refractivity contribution in [1.82, 2.24) is 50.5 Å². The zero-order chi connectivity index (χ0) is 49.1. The zero-order valence-corrected chi connectivity index (χ0v) is 35.7. The number of benzene rings is 4. The van der Waals surface area contributed by atoms with E-state index in [0.717, 1.165) is 24.5 Å². The van der Waals surface area contributed by atoms with Crippen LogP contribution in [0.15, 0.2) is 106 Å². The Morgan fingerprint density at radius 1 is 0.672 bits per heavy atom. The van der Waals surface area contributed by atoms with Gasteiger partial charge in [0.15, 0.2) is 22.9 Å². The van der Waals surface area contributed by atoms with Gasteiger partial charge in [-0.2, -0.15) is 47.0 Å². The summed E-state index contributed by atoms with van der Waals surface area (Å²) in [5.74, 6) is -2.69. The van der Waals surface area contributed by atoms with E-state index in [2.05, 4.69) is 41.1 Å². The summed E-state index contributed by atoms with van der Waals surface area (Å²) in [6.45, 7) is 0. The zero-order valence-electron chi connectivity index (χ0n) is 33.6. The molecule has 5 aromatic heterocycles. The first-order valence-corrected chi connectivity index (χ1v) is 19.6. The summed E-state index contributed by atoms with van der Waals surface area (Å²) >= 11 is 24.0. The predicted molar refractivity (Wildman–Crippen MR) is 224 cm³/mol. The fraction of sp³-hybridized carbons (Fsp3) is 0.0732. The van der Waals surface area contributed by atoms with Crippen LogP contribution in [-0.4, -0.2) is 57.7 Å². The molecule has 342 valence electrons.